The van der Waals surface area contributed by atoms with Gasteiger partial charge in [0.2, 0.25) is 0 Å². The highest BCUT2D eigenvalue weighted by Crippen LogP contribution is 2.27. The molecular weight excluding hydrogens is 278 g/mol. The van der Waals surface area contributed by atoms with Crippen molar-refractivity contribution in [1.82, 2.24) is 0 Å². The molecule has 1 aliphatic heterocycles. The summed E-state index contributed by atoms with van der Waals surface area (Å²) in [6, 6.07) is 5.36. The van der Waals surface area contributed by atoms with E-state index in [-0.39, 0.29) is 11.9 Å². The summed E-state index contributed by atoms with van der Waals surface area (Å²) in [4.78, 5) is 2.08. The van der Waals surface area contributed by atoms with Gasteiger partial charge in [-0.1, -0.05) is 16.8 Å². The van der Waals surface area contributed by atoms with Gasteiger partial charge in [0.15, 0.2) is 5.84 Å². The third-order valence-electron chi connectivity index (χ3n) is 3.51. The minimum Gasteiger partial charge on any atom is -0.409 e. The van der Waals surface area contributed by atoms with E-state index in [0.717, 1.165) is 31.7 Å². The van der Waals surface area contributed by atoms with Gasteiger partial charge in [-0.25, -0.2) is 0 Å². The van der Waals surface area contributed by atoms with Crippen molar-refractivity contribution in [3.8, 4) is 0 Å². The van der Waals surface area contributed by atoms with E-state index in [4.69, 9.17) is 27.3 Å². The summed E-state index contributed by atoms with van der Waals surface area (Å²) in [7, 11) is 1.99. The number of nitrogens with zero attached hydrogens (tertiary/aromatic N) is 2. The number of anilines is 1. The number of ether oxygens (including phenoxy) is 1. The molecule has 0 radical (unpaired) electrons. The number of oxime groups is 1. The Labute approximate surface area is 124 Å². The highest BCUT2D eigenvalue weighted by molar-refractivity contribution is 6.33. The lowest BCUT2D eigenvalue weighted by molar-refractivity contribution is 0.0216. The molecule has 1 saturated heterocycles. The van der Waals surface area contributed by atoms with Crippen LogP contribution in [0.15, 0.2) is 23.4 Å². The van der Waals surface area contributed by atoms with Crippen LogP contribution in [0, 0.1) is 0 Å². The molecule has 0 aromatic heterocycles. The minimum absolute atomic E-state index is 0.0525. The maximum absolute atomic E-state index is 8.67. The highest BCUT2D eigenvalue weighted by Gasteiger charge is 2.17. The Balaban J connectivity index is 2.07. The molecule has 1 unspecified atom stereocenters. The number of rotatable bonds is 4. The fraction of sp³-hybridized carbons (Fsp3) is 0.500. The summed E-state index contributed by atoms with van der Waals surface area (Å²) in [6.45, 7) is 1.65. The SMILES string of the molecule is CN(CC1CCCCO1)c1ccc(C(N)=NO)cc1Cl. The van der Waals surface area contributed by atoms with Crippen molar-refractivity contribution >= 4 is 23.1 Å². The average molecular weight is 298 g/mol. The number of hydrogen-bond donors (Lipinski definition) is 2. The number of halogens is 1. The van der Waals surface area contributed by atoms with Crippen LogP contribution in [0.2, 0.25) is 5.02 Å². The molecule has 0 bridgehead atoms. The quantitative estimate of drug-likeness (QED) is 0.387. The zero-order valence-electron chi connectivity index (χ0n) is 11.6. The van der Waals surface area contributed by atoms with E-state index in [9.17, 15) is 0 Å². The predicted molar refractivity (Wildman–Crippen MR) is 80.8 cm³/mol. The lowest BCUT2D eigenvalue weighted by atomic mass is 10.1. The second-order valence-corrected chi connectivity index (χ2v) is 5.43. The molecular formula is C14H20ClN3O2. The summed E-state index contributed by atoms with van der Waals surface area (Å²) < 4.78 is 5.73. The molecule has 1 aromatic rings. The number of amidine groups is 1. The van der Waals surface area contributed by atoms with Crippen LogP contribution in [-0.4, -0.2) is 37.3 Å². The molecule has 1 heterocycles. The van der Waals surface area contributed by atoms with Gasteiger partial charge in [0.05, 0.1) is 16.8 Å². The molecule has 1 aromatic carbocycles. The first-order valence-electron chi connectivity index (χ1n) is 6.72. The van der Waals surface area contributed by atoms with Crippen molar-refractivity contribution in [3.05, 3.63) is 28.8 Å². The first-order chi connectivity index (χ1) is 9.61. The van der Waals surface area contributed by atoms with E-state index in [1.54, 1.807) is 12.1 Å². The first-order valence-corrected chi connectivity index (χ1v) is 7.10. The largest absolute Gasteiger partial charge is 0.409 e. The molecule has 3 N–H and O–H groups in total. The number of nitrogens with two attached hydrogens (primary N) is 1. The number of hydrogen-bond acceptors (Lipinski definition) is 4. The zero-order valence-corrected chi connectivity index (χ0v) is 12.3. The van der Waals surface area contributed by atoms with Crippen molar-refractivity contribution < 1.29 is 9.94 Å². The van der Waals surface area contributed by atoms with Gasteiger partial charge in [-0.05, 0) is 37.5 Å². The van der Waals surface area contributed by atoms with Gasteiger partial charge in [-0.15, -0.1) is 0 Å². The third kappa shape index (κ3) is 3.55. The molecule has 1 fully saturated rings. The van der Waals surface area contributed by atoms with Crippen molar-refractivity contribution in [2.24, 2.45) is 10.9 Å². The van der Waals surface area contributed by atoms with E-state index >= 15 is 0 Å². The van der Waals surface area contributed by atoms with Crippen molar-refractivity contribution in [2.75, 3.05) is 25.1 Å². The number of benzene rings is 1. The monoisotopic (exact) mass is 297 g/mol. The van der Waals surface area contributed by atoms with Crippen LogP contribution >= 0.6 is 11.6 Å². The maximum Gasteiger partial charge on any atom is 0.170 e. The van der Waals surface area contributed by atoms with Gasteiger partial charge in [0, 0.05) is 25.8 Å². The first kappa shape index (κ1) is 14.9. The fourth-order valence-electron chi connectivity index (χ4n) is 2.39. The minimum atomic E-state index is 0.0525. The Morgan fingerprint density at radius 1 is 1.55 bits per heavy atom. The molecule has 0 amide bonds. The molecule has 0 saturated carbocycles. The van der Waals surface area contributed by atoms with Crippen LogP contribution in [0.25, 0.3) is 0 Å². The third-order valence-corrected chi connectivity index (χ3v) is 3.82. The summed E-state index contributed by atoms with van der Waals surface area (Å²) in [5.74, 6) is 0.0525. The van der Waals surface area contributed by atoms with Gasteiger partial charge in [-0.3, -0.25) is 0 Å². The van der Waals surface area contributed by atoms with Crippen molar-refractivity contribution in [2.45, 2.75) is 25.4 Å². The Bertz CT molecular complexity index is 487. The van der Waals surface area contributed by atoms with Gasteiger partial charge in [-0.2, -0.15) is 0 Å². The fourth-order valence-corrected chi connectivity index (χ4v) is 2.71. The standard InChI is InChI=1S/C14H20ClN3O2/c1-18(9-11-4-2-3-7-20-11)13-6-5-10(8-12(13)15)14(16)17-19/h5-6,8,11,19H,2-4,7,9H2,1H3,(H2,16,17). The van der Waals surface area contributed by atoms with Crippen LogP contribution < -0.4 is 10.6 Å². The van der Waals surface area contributed by atoms with Gasteiger partial charge in [0.25, 0.3) is 0 Å². The smallest absolute Gasteiger partial charge is 0.170 e. The second-order valence-electron chi connectivity index (χ2n) is 5.02. The molecule has 1 aliphatic rings. The van der Waals surface area contributed by atoms with E-state index in [1.807, 2.05) is 13.1 Å². The van der Waals surface area contributed by atoms with E-state index < -0.39 is 0 Å². The average Bonchev–Trinajstić information content (AvgIpc) is 2.47. The van der Waals surface area contributed by atoms with Crippen molar-refractivity contribution in [3.63, 3.8) is 0 Å². The summed E-state index contributed by atoms with van der Waals surface area (Å²) >= 11 is 6.27. The molecule has 0 aliphatic carbocycles. The Morgan fingerprint density at radius 3 is 2.95 bits per heavy atom. The molecule has 1 atom stereocenters. The molecule has 110 valence electrons. The second kappa shape index (κ2) is 6.81. The van der Waals surface area contributed by atoms with Crippen LogP contribution in [0.5, 0.6) is 0 Å². The lowest BCUT2D eigenvalue weighted by Crippen LogP contribution is -2.33. The van der Waals surface area contributed by atoms with Crippen LogP contribution in [0.3, 0.4) is 0 Å². The maximum atomic E-state index is 8.67. The topological polar surface area (TPSA) is 71.1 Å². The summed E-state index contributed by atoms with van der Waals surface area (Å²) in [5, 5.41) is 12.2. The highest BCUT2D eigenvalue weighted by atomic mass is 35.5. The molecule has 6 heteroatoms. The predicted octanol–water partition coefficient (Wildman–Crippen LogP) is 2.44. The lowest BCUT2D eigenvalue weighted by Gasteiger charge is -2.29. The van der Waals surface area contributed by atoms with Crippen LogP contribution in [-0.2, 0) is 4.74 Å². The zero-order chi connectivity index (χ0) is 14.5. The summed E-state index contributed by atoms with van der Waals surface area (Å²) in [5.41, 5.74) is 7.06. The van der Waals surface area contributed by atoms with Crippen LogP contribution in [0.1, 0.15) is 24.8 Å². The Kier molecular flexibility index (Phi) is 5.09. The van der Waals surface area contributed by atoms with Gasteiger partial charge >= 0.3 is 0 Å². The molecule has 20 heavy (non-hydrogen) atoms. The van der Waals surface area contributed by atoms with E-state index in [0.29, 0.717) is 10.6 Å². The normalized spacial score (nSPS) is 19.9. The molecule has 0 spiro atoms. The van der Waals surface area contributed by atoms with Crippen molar-refractivity contribution in [1.29, 1.82) is 0 Å². The molecule has 2 rings (SSSR count). The van der Waals surface area contributed by atoms with Crippen LogP contribution in [0.4, 0.5) is 5.69 Å². The van der Waals surface area contributed by atoms with Gasteiger partial charge < -0.3 is 20.6 Å². The van der Waals surface area contributed by atoms with Gasteiger partial charge in [0.1, 0.15) is 0 Å². The van der Waals surface area contributed by atoms with E-state index in [2.05, 4.69) is 10.1 Å². The van der Waals surface area contributed by atoms with E-state index in [1.165, 1.54) is 6.42 Å². The Hall–Kier alpha value is -1.46. The number of likely N-dealkylation sites (N-methyl/N-ethyl adjacent to an activating group) is 1. The molecule has 5 nitrogen and oxygen atoms in total. The Morgan fingerprint density at radius 2 is 2.35 bits per heavy atom. The summed E-state index contributed by atoms with van der Waals surface area (Å²) in [6.07, 6.45) is 3.71.